The Morgan fingerprint density at radius 3 is 2.38 bits per heavy atom. The molecular weight excluding hydrogens is 288 g/mol. The lowest BCUT2D eigenvalue weighted by Gasteiger charge is -2.08. The lowest BCUT2D eigenvalue weighted by atomic mass is 10.1. The topological polar surface area (TPSA) is 52.9 Å². The number of carbonyl (C=O) groups excluding carboxylic acids is 1. The number of nitriles is 1. The Balaban J connectivity index is 2.38. The van der Waals surface area contributed by atoms with Crippen LogP contribution in [0.2, 0.25) is 0 Å². The van der Waals surface area contributed by atoms with Gasteiger partial charge in [0, 0.05) is 0 Å². The van der Waals surface area contributed by atoms with Gasteiger partial charge in [0.15, 0.2) is 17.5 Å². The second-order valence-corrected chi connectivity index (χ2v) is 3.95. The van der Waals surface area contributed by atoms with Gasteiger partial charge in [0.2, 0.25) is 0 Å². The van der Waals surface area contributed by atoms with E-state index in [-0.39, 0.29) is 5.69 Å². The van der Waals surface area contributed by atoms with Crippen LogP contribution in [-0.4, -0.2) is 5.91 Å². The Bertz CT molecular complexity index is 768. The van der Waals surface area contributed by atoms with Gasteiger partial charge in [0.05, 0.1) is 11.3 Å². The number of nitrogens with one attached hydrogen (secondary N) is 1. The molecule has 2 aromatic rings. The molecule has 1 amide bonds. The van der Waals surface area contributed by atoms with E-state index in [1.165, 1.54) is 18.2 Å². The molecule has 0 bridgehead atoms. The third-order valence-corrected chi connectivity index (χ3v) is 2.65. The van der Waals surface area contributed by atoms with Gasteiger partial charge in [-0.3, -0.25) is 4.79 Å². The molecule has 0 aliphatic heterocycles. The molecular formula is C14H6F4N2O. The number of carbonyl (C=O) groups is 1. The Morgan fingerprint density at radius 1 is 1.00 bits per heavy atom. The summed E-state index contributed by atoms with van der Waals surface area (Å²) >= 11 is 0. The van der Waals surface area contributed by atoms with Crippen LogP contribution in [0.3, 0.4) is 0 Å². The van der Waals surface area contributed by atoms with Gasteiger partial charge in [0.25, 0.3) is 5.91 Å². The monoisotopic (exact) mass is 294 g/mol. The van der Waals surface area contributed by atoms with E-state index < -0.39 is 40.3 Å². The highest BCUT2D eigenvalue weighted by molar-refractivity contribution is 6.05. The van der Waals surface area contributed by atoms with Gasteiger partial charge in [-0.2, -0.15) is 5.26 Å². The molecule has 2 aromatic carbocycles. The highest BCUT2D eigenvalue weighted by Crippen LogP contribution is 2.20. The van der Waals surface area contributed by atoms with Gasteiger partial charge in [-0.25, -0.2) is 17.6 Å². The van der Waals surface area contributed by atoms with Crippen LogP contribution in [0.25, 0.3) is 0 Å². The number of nitrogens with zero attached hydrogens (tertiary/aromatic N) is 1. The molecule has 0 aliphatic rings. The molecule has 7 heteroatoms. The predicted octanol–water partition coefficient (Wildman–Crippen LogP) is 3.37. The van der Waals surface area contributed by atoms with Crippen LogP contribution in [0, 0.1) is 34.6 Å². The van der Waals surface area contributed by atoms with Crippen molar-refractivity contribution in [1.82, 2.24) is 0 Å². The van der Waals surface area contributed by atoms with Crippen molar-refractivity contribution in [3.05, 3.63) is 64.7 Å². The minimum atomic E-state index is -1.79. The first-order valence-corrected chi connectivity index (χ1v) is 5.59. The normalized spacial score (nSPS) is 10.0. The average molecular weight is 294 g/mol. The van der Waals surface area contributed by atoms with Gasteiger partial charge in [0.1, 0.15) is 17.4 Å². The van der Waals surface area contributed by atoms with E-state index in [2.05, 4.69) is 5.32 Å². The molecule has 0 aliphatic carbocycles. The van der Waals surface area contributed by atoms with E-state index in [9.17, 15) is 22.4 Å². The van der Waals surface area contributed by atoms with Gasteiger partial charge in [-0.05, 0) is 24.3 Å². The summed E-state index contributed by atoms with van der Waals surface area (Å²) in [6.45, 7) is 0. The second kappa shape index (κ2) is 5.63. The Hall–Kier alpha value is -2.88. The lowest BCUT2D eigenvalue weighted by Crippen LogP contribution is -2.16. The van der Waals surface area contributed by atoms with Gasteiger partial charge >= 0.3 is 0 Å². The molecule has 0 heterocycles. The summed E-state index contributed by atoms with van der Waals surface area (Å²) in [4.78, 5) is 11.8. The van der Waals surface area contributed by atoms with Gasteiger partial charge in [-0.1, -0.05) is 6.07 Å². The largest absolute Gasteiger partial charge is 0.321 e. The van der Waals surface area contributed by atoms with Gasteiger partial charge in [-0.15, -0.1) is 0 Å². The van der Waals surface area contributed by atoms with Crippen LogP contribution < -0.4 is 5.32 Å². The molecule has 0 atom stereocenters. The molecule has 1 N–H and O–H groups in total. The zero-order valence-corrected chi connectivity index (χ0v) is 10.3. The fraction of sp³-hybridized carbons (Fsp3) is 0. The molecule has 2 rings (SSSR count). The highest BCUT2D eigenvalue weighted by atomic mass is 19.2. The first kappa shape index (κ1) is 14.5. The standard InChI is InChI=1S/C14H6F4N2O/c15-9-2-1-3-11(8(9)6-19)20-14(21)7-4-5-10(16)13(18)12(7)17/h1-5H,(H,20,21). The quantitative estimate of drug-likeness (QED) is 0.682. The first-order chi connectivity index (χ1) is 9.95. The molecule has 106 valence electrons. The van der Waals surface area contributed by atoms with Crippen molar-refractivity contribution >= 4 is 11.6 Å². The van der Waals surface area contributed by atoms with E-state index in [1.807, 2.05) is 0 Å². The zero-order chi connectivity index (χ0) is 15.6. The van der Waals surface area contributed by atoms with Crippen molar-refractivity contribution in [2.75, 3.05) is 5.32 Å². The zero-order valence-electron chi connectivity index (χ0n) is 10.3. The highest BCUT2D eigenvalue weighted by Gasteiger charge is 2.20. The molecule has 0 fully saturated rings. The fourth-order valence-electron chi connectivity index (χ4n) is 1.63. The van der Waals surface area contributed by atoms with E-state index in [1.54, 1.807) is 0 Å². The third kappa shape index (κ3) is 2.69. The minimum absolute atomic E-state index is 0.202. The Labute approximate surface area is 116 Å². The van der Waals surface area contributed by atoms with Crippen molar-refractivity contribution in [3.8, 4) is 6.07 Å². The number of hydrogen-bond acceptors (Lipinski definition) is 2. The number of benzene rings is 2. The molecule has 0 saturated carbocycles. The molecule has 0 aromatic heterocycles. The maximum Gasteiger partial charge on any atom is 0.258 e. The van der Waals surface area contributed by atoms with Crippen molar-refractivity contribution in [3.63, 3.8) is 0 Å². The summed E-state index contributed by atoms with van der Waals surface area (Å²) in [5, 5.41) is 10.9. The van der Waals surface area contributed by atoms with Gasteiger partial charge < -0.3 is 5.32 Å². The molecule has 0 unspecified atom stereocenters. The van der Waals surface area contributed by atoms with Crippen molar-refractivity contribution in [1.29, 1.82) is 5.26 Å². The van der Waals surface area contributed by atoms with Crippen LogP contribution in [0.1, 0.15) is 15.9 Å². The smallest absolute Gasteiger partial charge is 0.258 e. The summed E-state index contributed by atoms with van der Waals surface area (Å²) in [7, 11) is 0. The van der Waals surface area contributed by atoms with Crippen LogP contribution in [-0.2, 0) is 0 Å². The first-order valence-electron chi connectivity index (χ1n) is 5.59. The summed E-state index contributed by atoms with van der Waals surface area (Å²) in [6, 6.07) is 6.33. The molecule has 0 spiro atoms. The van der Waals surface area contributed by atoms with Crippen molar-refractivity contribution in [2.45, 2.75) is 0 Å². The SMILES string of the molecule is N#Cc1c(F)cccc1NC(=O)c1ccc(F)c(F)c1F. The average Bonchev–Trinajstić information content (AvgIpc) is 2.45. The number of anilines is 1. The summed E-state index contributed by atoms with van der Waals surface area (Å²) in [5.74, 6) is -6.90. The van der Waals surface area contributed by atoms with E-state index in [4.69, 9.17) is 5.26 Å². The summed E-state index contributed by atoms with van der Waals surface area (Å²) < 4.78 is 52.6. The molecule has 0 saturated heterocycles. The van der Waals surface area contributed by atoms with Crippen LogP contribution >= 0.6 is 0 Å². The number of halogens is 4. The van der Waals surface area contributed by atoms with Crippen LogP contribution in [0.15, 0.2) is 30.3 Å². The summed E-state index contributed by atoms with van der Waals surface area (Å²) in [6.07, 6.45) is 0. The third-order valence-electron chi connectivity index (χ3n) is 2.65. The molecule has 3 nitrogen and oxygen atoms in total. The maximum absolute atomic E-state index is 13.5. The predicted molar refractivity (Wildman–Crippen MR) is 65.4 cm³/mol. The van der Waals surface area contributed by atoms with Crippen LogP contribution in [0.4, 0.5) is 23.2 Å². The second-order valence-electron chi connectivity index (χ2n) is 3.95. The number of amides is 1. The maximum atomic E-state index is 13.5. The minimum Gasteiger partial charge on any atom is -0.321 e. The van der Waals surface area contributed by atoms with E-state index >= 15 is 0 Å². The Kier molecular flexibility index (Phi) is 3.89. The summed E-state index contributed by atoms with van der Waals surface area (Å²) in [5.41, 5.74) is -1.41. The van der Waals surface area contributed by atoms with Crippen molar-refractivity contribution < 1.29 is 22.4 Å². The lowest BCUT2D eigenvalue weighted by molar-refractivity contribution is 0.102. The number of rotatable bonds is 2. The fourth-order valence-corrected chi connectivity index (χ4v) is 1.63. The van der Waals surface area contributed by atoms with Crippen LogP contribution in [0.5, 0.6) is 0 Å². The van der Waals surface area contributed by atoms with E-state index in [0.717, 1.165) is 12.1 Å². The van der Waals surface area contributed by atoms with Crippen molar-refractivity contribution in [2.24, 2.45) is 0 Å². The Morgan fingerprint density at radius 2 is 1.71 bits per heavy atom. The molecule has 21 heavy (non-hydrogen) atoms. The number of hydrogen-bond donors (Lipinski definition) is 1. The van der Waals surface area contributed by atoms with E-state index in [0.29, 0.717) is 6.07 Å². The molecule has 0 radical (unpaired) electrons.